The molecule has 0 aliphatic carbocycles. The highest BCUT2D eigenvalue weighted by Gasteiger charge is 2.34. The molecule has 1 aliphatic heterocycles. The van der Waals surface area contributed by atoms with E-state index in [2.05, 4.69) is 15.1 Å². The Morgan fingerprint density at radius 1 is 1.19 bits per heavy atom. The predicted molar refractivity (Wildman–Crippen MR) is 91.0 cm³/mol. The maximum absolute atomic E-state index is 13.1. The minimum absolute atomic E-state index is 0.241. The fourth-order valence-corrected chi connectivity index (χ4v) is 3.84. The van der Waals surface area contributed by atoms with Crippen LogP contribution in [0.2, 0.25) is 0 Å². The minimum Gasteiger partial charge on any atom is -0.393 e. The number of nitrogen functional groups attached to an aromatic ring is 1. The molecule has 4 rings (SSSR count). The third-order valence-corrected chi connectivity index (χ3v) is 5.31. The van der Waals surface area contributed by atoms with Gasteiger partial charge in [-0.25, -0.2) is 14.5 Å². The van der Waals surface area contributed by atoms with Crippen molar-refractivity contribution in [3.8, 4) is 11.3 Å². The van der Waals surface area contributed by atoms with Crippen molar-refractivity contribution in [1.82, 2.24) is 19.6 Å². The topological polar surface area (TPSA) is 92.6 Å². The van der Waals surface area contributed by atoms with Crippen molar-refractivity contribution < 1.29 is 18.3 Å². The Labute approximate surface area is 149 Å². The molecule has 7 nitrogen and oxygen atoms in total. The Morgan fingerprint density at radius 3 is 2.62 bits per heavy atom. The highest BCUT2D eigenvalue weighted by Crippen LogP contribution is 2.36. The Morgan fingerprint density at radius 2 is 1.92 bits per heavy atom. The number of nitrogens with zero attached hydrogens (tertiary/aromatic N) is 5. The third kappa shape index (κ3) is 2.97. The lowest BCUT2D eigenvalue weighted by Crippen LogP contribution is -2.35. The normalized spacial score (nSPS) is 16.5. The highest BCUT2D eigenvalue weighted by molar-refractivity contribution is 7.20. The zero-order valence-electron chi connectivity index (χ0n) is 13.4. The van der Waals surface area contributed by atoms with Gasteiger partial charge in [0.25, 0.3) is 0 Å². The second-order valence-electron chi connectivity index (χ2n) is 6.10. The molecule has 1 aliphatic rings. The number of hydrogen-bond acceptors (Lipinski definition) is 7. The first-order valence-corrected chi connectivity index (χ1v) is 8.75. The number of alkyl halides is 3. The molecule has 0 unspecified atom stereocenters. The largest absolute Gasteiger partial charge is 0.419 e. The van der Waals surface area contributed by atoms with Crippen molar-refractivity contribution >= 4 is 27.2 Å². The van der Waals surface area contributed by atoms with Gasteiger partial charge in [-0.1, -0.05) is 11.3 Å². The lowest BCUT2D eigenvalue weighted by molar-refractivity contribution is -0.137. The summed E-state index contributed by atoms with van der Waals surface area (Å²) in [7, 11) is 0. The number of fused-ring (bicyclic) bond motifs is 1. The molecule has 1 saturated heterocycles. The second kappa shape index (κ2) is 6.09. The number of aliphatic hydroxyl groups is 1. The van der Waals surface area contributed by atoms with E-state index >= 15 is 0 Å². The van der Waals surface area contributed by atoms with Crippen molar-refractivity contribution in [2.45, 2.75) is 25.1 Å². The van der Waals surface area contributed by atoms with Gasteiger partial charge in [0, 0.05) is 24.8 Å². The summed E-state index contributed by atoms with van der Waals surface area (Å²) in [6.45, 7) is 1.35. The molecule has 3 aromatic rings. The zero-order chi connectivity index (χ0) is 18.5. The highest BCUT2D eigenvalue weighted by atomic mass is 32.1. The molecule has 3 aromatic heterocycles. The summed E-state index contributed by atoms with van der Waals surface area (Å²) in [4.78, 5) is 10.5. The average molecular weight is 384 g/mol. The number of rotatable bonds is 2. The first-order chi connectivity index (χ1) is 12.3. The average Bonchev–Trinajstić information content (AvgIpc) is 3.15. The predicted octanol–water partition coefficient (Wildman–Crippen LogP) is 2.41. The molecular formula is C15H15F3N6OS. The van der Waals surface area contributed by atoms with E-state index < -0.39 is 17.6 Å². The Balaban J connectivity index is 1.72. The van der Waals surface area contributed by atoms with Crippen LogP contribution in [0, 0.1) is 0 Å². The molecule has 0 spiro atoms. The Hall–Kier alpha value is -2.40. The van der Waals surface area contributed by atoms with Gasteiger partial charge in [0.1, 0.15) is 5.82 Å². The van der Waals surface area contributed by atoms with E-state index in [1.807, 2.05) is 4.90 Å². The Bertz CT molecular complexity index is 945. The maximum Gasteiger partial charge on any atom is 0.419 e. The third-order valence-electron chi connectivity index (χ3n) is 4.33. The molecule has 11 heteroatoms. The summed E-state index contributed by atoms with van der Waals surface area (Å²) >= 11 is 1.35. The number of halogens is 3. The Kier molecular flexibility index (Phi) is 3.99. The number of hydrogen-bond donors (Lipinski definition) is 2. The molecule has 26 heavy (non-hydrogen) atoms. The van der Waals surface area contributed by atoms with Crippen molar-refractivity contribution in [2.75, 3.05) is 23.7 Å². The van der Waals surface area contributed by atoms with Crippen molar-refractivity contribution in [2.24, 2.45) is 0 Å². The van der Waals surface area contributed by atoms with E-state index in [-0.39, 0.29) is 11.7 Å². The standard InChI is InChI=1S/C15H15F3N6OS/c16-15(17,18)10-5-8(6-20-12(10)19)11-7-21-13-24(11)22-14(26-13)23-3-1-9(25)2-4-23/h5-7,9,25H,1-4H2,(H2,19,20). The van der Waals surface area contributed by atoms with Crippen LogP contribution in [0.3, 0.4) is 0 Å². The van der Waals surface area contributed by atoms with E-state index in [0.717, 1.165) is 11.2 Å². The smallest absolute Gasteiger partial charge is 0.393 e. The van der Waals surface area contributed by atoms with Gasteiger partial charge in [0.05, 0.1) is 23.6 Å². The second-order valence-corrected chi connectivity index (χ2v) is 7.03. The molecule has 138 valence electrons. The molecule has 1 fully saturated rings. The molecule has 0 saturated carbocycles. The molecule has 0 radical (unpaired) electrons. The number of imidazole rings is 1. The summed E-state index contributed by atoms with van der Waals surface area (Å²) in [5.41, 5.74) is 5.03. The molecule has 0 amide bonds. The quantitative estimate of drug-likeness (QED) is 0.705. The molecule has 0 bridgehead atoms. The molecule has 0 atom stereocenters. The van der Waals surface area contributed by atoms with Crippen LogP contribution in [0.4, 0.5) is 24.1 Å². The fraction of sp³-hybridized carbons (Fsp3) is 0.400. The van der Waals surface area contributed by atoms with Gasteiger partial charge in [-0.15, -0.1) is 5.10 Å². The van der Waals surface area contributed by atoms with Crippen LogP contribution in [-0.2, 0) is 6.18 Å². The van der Waals surface area contributed by atoms with Crippen LogP contribution in [0.1, 0.15) is 18.4 Å². The number of aromatic nitrogens is 4. The van der Waals surface area contributed by atoms with Crippen LogP contribution >= 0.6 is 11.3 Å². The first-order valence-electron chi connectivity index (χ1n) is 7.93. The minimum atomic E-state index is -4.58. The van der Waals surface area contributed by atoms with Gasteiger partial charge in [0.2, 0.25) is 10.1 Å². The summed E-state index contributed by atoms with van der Waals surface area (Å²) in [6.07, 6.45) is -0.816. The number of piperidine rings is 1. The SMILES string of the molecule is Nc1ncc(-c2cnc3sc(N4CCC(O)CC4)nn23)cc1C(F)(F)F. The molecular weight excluding hydrogens is 369 g/mol. The van der Waals surface area contributed by atoms with Crippen LogP contribution in [0.25, 0.3) is 16.2 Å². The van der Waals surface area contributed by atoms with Gasteiger partial charge in [-0.2, -0.15) is 13.2 Å². The van der Waals surface area contributed by atoms with Crippen molar-refractivity contribution in [3.63, 3.8) is 0 Å². The van der Waals surface area contributed by atoms with Crippen LogP contribution in [-0.4, -0.2) is 43.9 Å². The van der Waals surface area contributed by atoms with Gasteiger partial charge in [-0.3, -0.25) is 0 Å². The first kappa shape index (κ1) is 17.0. The van der Waals surface area contributed by atoms with E-state index in [1.54, 1.807) is 0 Å². The van der Waals surface area contributed by atoms with Gasteiger partial charge < -0.3 is 15.7 Å². The number of anilines is 2. The van der Waals surface area contributed by atoms with Crippen molar-refractivity contribution in [1.29, 1.82) is 0 Å². The molecule has 0 aromatic carbocycles. The molecule has 3 N–H and O–H groups in total. The lowest BCUT2D eigenvalue weighted by atomic mass is 10.1. The van der Waals surface area contributed by atoms with E-state index in [4.69, 9.17) is 5.73 Å². The van der Waals surface area contributed by atoms with Crippen LogP contribution < -0.4 is 10.6 Å². The van der Waals surface area contributed by atoms with E-state index in [1.165, 1.54) is 28.2 Å². The summed E-state index contributed by atoms with van der Waals surface area (Å²) in [5.74, 6) is -0.562. The van der Waals surface area contributed by atoms with Crippen LogP contribution in [0.5, 0.6) is 0 Å². The van der Waals surface area contributed by atoms with Gasteiger partial charge in [0.15, 0.2) is 0 Å². The van der Waals surface area contributed by atoms with Crippen LogP contribution in [0.15, 0.2) is 18.5 Å². The fourth-order valence-electron chi connectivity index (χ4n) is 2.91. The summed E-state index contributed by atoms with van der Waals surface area (Å²) in [6, 6.07) is 0.960. The number of aliphatic hydroxyl groups excluding tert-OH is 1. The zero-order valence-corrected chi connectivity index (χ0v) is 14.3. The summed E-state index contributed by atoms with van der Waals surface area (Å²) in [5, 5.41) is 14.8. The monoisotopic (exact) mass is 384 g/mol. The van der Waals surface area contributed by atoms with E-state index in [9.17, 15) is 18.3 Å². The lowest BCUT2D eigenvalue weighted by Gasteiger charge is -2.28. The molecule has 4 heterocycles. The van der Waals surface area contributed by atoms with Gasteiger partial charge >= 0.3 is 6.18 Å². The van der Waals surface area contributed by atoms with Crippen molar-refractivity contribution in [3.05, 3.63) is 24.0 Å². The maximum atomic E-state index is 13.1. The van der Waals surface area contributed by atoms with E-state index in [0.29, 0.717) is 36.6 Å². The number of pyridine rings is 1. The number of nitrogens with two attached hydrogens (primary N) is 1. The van der Waals surface area contributed by atoms with Gasteiger partial charge in [-0.05, 0) is 18.9 Å². The summed E-state index contributed by atoms with van der Waals surface area (Å²) < 4.78 is 40.8.